The van der Waals surface area contributed by atoms with Gasteiger partial charge in [0.25, 0.3) is 15.5 Å². The monoisotopic (exact) mass is 369 g/mol. The number of aromatic amines is 1. The quantitative estimate of drug-likeness (QED) is 0.639. The van der Waals surface area contributed by atoms with Crippen LogP contribution in [0.25, 0.3) is 0 Å². The first-order valence-corrected chi connectivity index (χ1v) is 6.78. The Morgan fingerprint density at radius 2 is 2.00 bits per heavy atom. The number of pyridine rings is 1. The van der Waals surface area contributed by atoms with Crippen LogP contribution in [0.5, 0.6) is 0 Å². The van der Waals surface area contributed by atoms with Crippen molar-refractivity contribution < 1.29 is 17.2 Å². The lowest BCUT2D eigenvalue weighted by molar-refractivity contribution is 0.146. The molecule has 4 nitrogen and oxygen atoms in total. The summed E-state index contributed by atoms with van der Waals surface area (Å²) in [6, 6.07) is 0.869. The van der Waals surface area contributed by atoms with Gasteiger partial charge in [-0.2, -0.15) is 0 Å². The van der Waals surface area contributed by atoms with E-state index >= 15 is 0 Å². The zero-order chi connectivity index (χ0) is 11.8. The number of H-pyrrole nitrogens is 1. The van der Waals surface area contributed by atoms with Gasteiger partial charge in [0.15, 0.2) is 5.03 Å². The summed E-state index contributed by atoms with van der Waals surface area (Å²) in [7, 11) is 0.526. The Balaban J connectivity index is 3.70. The maximum absolute atomic E-state index is 12.5. The van der Waals surface area contributed by atoms with Gasteiger partial charge in [-0.05, 0) is 22.6 Å². The van der Waals surface area contributed by atoms with Gasteiger partial charge in [-0.15, -0.1) is 0 Å². The Morgan fingerprint density at radius 1 is 1.47 bits per heavy atom. The second-order valence-electron chi connectivity index (χ2n) is 2.46. The number of alkyl halides is 2. The topological polar surface area (TPSA) is 67.0 Å². The molecule has 9 heteroatoms. The first-order valence-electron chi connectivity index (χ1n) is 3.39. The molecule has 0 aliphatic rings. The van der Waals surface area contributed by atoms with E-state index in [1.54, 1.807) is 4.98 Å². The van der Waals surface area contributed by atoms with Crippen LogP contribution in [0.4, 0.5) is 8.78 Å². The van der Waals surface area contributed by atoms with Gasteiger partial charge in [-0.1, -0.05) is 0 Å². The molecule has 0 amide bonds. The van der Waals surface area contributed by atoms with E-state index in [0.29, 0.717) is 0 Å². The van der Waals surface area contributed by atoms with Gasteiger partial charge in [0.05, 0.1) is 5.56 Å². The molecule has 0 saturated heterocycles. The minimum atomic E-state index is -4.39. The molecule has 0 atom stereocenters. The van der Waals surface area contributed by atoms with E-state index in [4.69, 9.17) is 10.7 Å². The first-order chi connectivity index (χ1) is 6.73. The van der Waals surface area contributed by atoms with Crippen molar-refractivity contribution in [2.75, 3.05) is 0 Å². The predicted octanol–water partition coefficient (Wildman–Crippen LogP) is 1.84. The molecule has 1 aromatic heterocycles. The van der Waals surface area contributed by atoms with Crippen LogP contribution in [-0.2, 0) is 9.05 Å². The molecule has 0 aliphatic heterocycles. The lowest BCUT2D eigenvalue weighted by atomic mass is 10.3. The zero-order valence-corrected chi connectivity index (χ0v) is 10.5. The SMILES string of the molecule is O=c1cc(I)c(C(F)F)c(S(=O)(=O)Cl)[nH]1. The fraction of sp³-hybridized carbons (Fsp3) is 0.167. The molecule has 0 bridgehead atoms. The smallest absolute Gasteiger partial charge is 0.277 e. The number of aromatic nitrogens is 1. The van der Waals surface area contributed by atoms with Gasteiger partial charge in [-0.3, -0.25) is 4.79 Å². The summed E-state index contributed by atoms with van der Waals surface area (Å²) in [6.07, 6.45) is -3.03. The van der Waals surface area contributed by atoms with E-state index in [-0.39, 0.29) is 3.57 Å². The average molecular weight is 370 g/mol. The summed E-state index contributed by atoms with van der Waals surface area (Å²) in [6.45, 7) is 0. The zero-order valence-electron chi connectivity index (χ0n) is 6.80. The van der Waals surface area contributed by atoms with Crippen molar-refractivity contribution in [3.05, 3.63) is 25.6 Å². The van der Waals surface area contributed by atoms with Crippen molar-refractivity contribution in [3.8, 4) is 0 Å². The summed E-state index contributed by atoms with van der Waals surface area (Å²) in [5, 5.41) is -0.948. The van der Waals surface area contributed by atoms with Crippen LogP contribution in [-0.4, -0.2) is 13.4 Å². The molecule has 15 heavy (non-hydrogen) atoms. The Labute approximate surface area is 101 Å². The molecule has 84 valence electrons. The van der Waals surface area contributed by atoms with Crippen LogP contribution >= 0.6 is 33.3 Å². The van der Waals surface area contributed by atoms with E-state index in [0.717, 1.165) is 6.07 Å². The Hall–Kier alpha value is -0.220. The molecule has 0 fully saturated rings. The fourth-order valence-corrected chi connectivity index (χ4v) is 2.93. The molecule has 1 N–H and O–H groups in total. The molecule has 1 rings (SSSR count). The molecular formula is C6H3ClF2INO3S. The number of nitrogens with one attached hydrogen (secondary N) is 1. The standard InChI is InChI=1S/C6H3ClF2INO3S/c7-15(13,14)6-4(5(8)9)2(10)1-3(12)11-6/h1,5H,(H,11,12). The lowest BCUT2D eigenvalue weighted by Gasteiger charge is -2.06. The molecule has 1 heterocycles. The van der Waals surface area contributed by atoms with Crippen molar-refractivity contribution in [2.45, 2.75) is 11.5 Å². The summed E-state index contributed by atoms with van der Waals surface area (Å²) >= 11 is 1.44. The van der Waals surface area contributed by atoms with Crippen LogP contribution < -0.4 is 5.56 Å². The summed E-state index contributed by atoms with van der Waals surface area (Å²) in [5.74, 6) is 0. The van der Waals surface area contributed by atoms with Crippen LogP contribution in [0, 0.1) is 3.57 Å². The third-order valence-electron chi connectivity index (χ3n) is 1.46. The molecule has 0 saturated carbocycles. The maximum Gasteiger partial charge on any atom is 0.277 e. The Morgan fingerprint density at radius 3 is 2.40 bits per heavy atom. The summed E-state index contributed by atoms with van der Waals surface area (Å²) in [5.41, 5.74) is -1.59. The van der Waals surface area contributed by atoms with Gasteiger partial charge < -0.3 is 4.98 Å². The number of hydrogen-bond donors (Lipinski definition) is 1. The third kappa shape index (κ3) is 2.88. The van der Waals surface area contributed by atoms with Gasteiger partial charge in [0.1, 0.15) is 0 Å². The first kappa shape index (κ1) is 12.8. The second-order valence-corrected chi connectivity index (χ2v) is 6.13. The normalized spacial score (nSPS) is 12.1. The fourth-order valence-electron chi connectivity index (χ4n) is 0.912. The van der Waals surface area contributed by atoms with Gasteiger partial charge in [0.2, 0.25) is 5.56 Å². The van der Waals surface area contributed by atoms with Crippen molar-refractivity contribution >= 4 is 42.3 Å². The largest absolute Gasteiger partial charge is 0.311 e. The molecule has 0 radical (unpaired) electrons. The van der Waals surface area contributed by atoms with Crippen molar-refractivity contribution in [3.63, 3.8) is 0 Å². The van der Waals surface area contributed by atoms with Gasteiger partial charge in [-0.25, -0.2) is 17.2 Å². The molecule has 1 aromatic rings. The van der Waals surface area contributed by atoms with Crippen molar-refractivity contribution in [1.82, 2.24) is 4.98 Å². The van der Waals surface area contributed by atoms with E-state index in [2.05, 4.69) is 0 Å². The van der Waals surface area contributed by atoms with Crippen LogP contribution in [0.2, 0.25) is 0 Å². The molecule has 0 aromatic carbocycles. The highest BCUT2D eigenvalue weighted by Crippen LogP contribution is 2.29. The van der Waals surface area contributed by atoms with Crippen LogP contribution in [0.1, 0.15) is 12.0 Å². The Kier molecular flexibility index (Phi) is 3.71. The van der Waals surface area contributed by atoms with E-state index < -0.39 is 31.6 Å². The van der Waals surface area contributed by atoms with Crippen molar-refractivity contribution in [2.24, 2.45) is 0 Å². The average Bonchev–Trinajstić information content (AvgIpc) is 1.99. The minimum Gasteiger partial charge on any atom is -0.311 e. The molecule has 0 spiro atoms. The minimum absolute atomic E-state index is 0.148. The number of rotatable bonds is 2. The highest BCUT2D eigenvalue weighted by molar-refractivity contribution is 14.1. The van der Waals surface area contributed by atoms with E-state index in [1.165, 1.54) is 22.6 Å². The number of halogens is 4. The number of hydrogen-bond acceptors (Lipinski definition) is 3. The highest BCUT2D eigenvalue weighted by atomic mass is 127. The van der Waals surface area contributed by atoms with Crippen molar-refractivity contribution in [1.29, 1.82) is 0 Å². The second kappa shape index (κ2) is 4.34. The molecule has 0 aliphatic carbocycles. The van der Waals surface area contributed by atoms with Crippen LogP contribution in [0.15, 0.2) is 15.9 Å². The lowest BCUT2D eigenvalue weighted by Crippen LogP contribution is -2.14. The van der Waals surface area contributed by atoms with Crippen LogP contribution in [0.3, 0.4) is 0 Å². The maximum atomic E-state index is 12.5. The third-order valence-corrected chi connectivity index (χ3v) is 3.62. The Bertz CT molecular complexity index is 542. The predicted molar refractivity (Wildman–Crippen MR) is 57.8 cm³/mol. The van der Waals surface area contributed by atoms with E-state index in [9.17, 15) is 22.0 Å². The van der Waals surface area contributed by atoms with E-state index in [1.807, 2.05) is 0 Å². The summed E-state index contributed by atoms with van der Waals surface area (Å²) in [4.78, 5) is 12.7. The molecular weight excluding hydrogens is 366 g/mol. The van der Waals surface area contributed by atoms with Gasteiger partial charge in [0, 0.05) is 20.3 Å². The highest BCUT2D eigenvalue weighted by Gasteiger charge is 2.25. The summed E-state index contributed by atoms with van der Waals surface area (Å²) < 4.78 is 46.7. The molecule has 0 unspecified atom stereocenters. The van der Waals surface area contributed by atoms with Gasteiger partial charge >= 0.3 is 0 Å².